The van der Waals surface area contributed by atoms with Crippen LogP contribution in [0.2, 0.25) is 0 Å². The maximum atomic E-state index is 5.03. The number of halogens is 2. The Morgan fingerprint density at radius 2 is 1.55 bits per heavy atom. The number of benzene rings is 1. The number of hydrogen-bond acceptors (Lipinski definition) is 2. The molecule has 1 rings (SSSR count). The molecule has 0 radical (unpaired) electrons. The SMILES string of the molecule is IOC(OI)c1ccccc1. The fraction of sp³-hybridized carbons (Fsp3) is 0.143. The summed E-state index contributed by atoms with van der Waals surface area (Å²) in [6.45, 7) is 0. The van der Waals surface area contributed by atoms with Crippen LogP contribution in [0.1, 0.15) is 11.9 Å². The van der Waals surface area contributed by atoms with E-state index in [1.165, 1.54) is 0 Å². The van der Waals surface area contributed by atoms with Gasteiger partial charge in [0.15, 0.2) is 0 Å². The van der Waals surface area contributed by atoms with E-state index >= 15 is 0 Å². The third kappa shape index (κ3) is 2.85. The van der Waals surface area contributed by atoms with Crippen LogP contribution < -0.4 is 0 Å². The van der Waals surface area contributed by atoms with Gasteiger partial charge in [-0.2, -0.15) is 0 Å². The first-order valence-electron chi connectivity index (χ1n) is 2.98. The lowest BCUT2D eigenvalue weighted by molar-refractivity contribution is 0.0881. The molecule has 0 bridgehead atoms. The zero-order valence-electron chi connectivity index (χ0n) is 5.54. The van der Waals surface area contributed by atoms with Crippen LogP contribution in [0.3, 0.4) is 0 Å². The smallest absolute Gasteiger partial charge is 0.206 e. The van der Waals surface area contributed by atoms with Crippen molar-refractivity contribution in [2.24, 2.45) is 0 Å². The van der Waals surface area contributed by atoms with E-state index in [9.17, 15) is 0 Å². The normalized spacial score (nSPS) is 10.5. The van der Waals surface area contributed by atoms with Gasteiger partial charge in [0, 0.05) is 5.56 Å². The van der Waals surface area contributed by atoms with Crippen molar-refractivity contribution in [3.63, 3.8) is 0 Å². The highest BCUT2D eigenvalue weighted by Gasteiger charge is 2.08. The zero-order chi connectivity index (χ0) is 8.10. The van der Waals surface area contributed by atoms with E-state index in [4.69, 9.17) is 6.13 Å². The Balaban J connectivity index is 2.74. The van der Waals surface area contributed by atoms with E-state index < -0.39 is 0 Å². The van der Waals surface area contributed by atoms with Gasteiger partial charge in [0.2, 0.25) is 6.29 Å². The second-order valence-corrected chi connectivity index (χ2v) is 2.94. The quantitative estimate of drug-likeness (QED) is 0.595. The zero-order valence-corrected chi connectivity index (χ0v) is 9.85. The topological polar surface area (TPSA) is 18.5 Å². The van der Waals surface area contributed by atoms with E-state index in [2.05, 4.69) is 0 Å². The van der Waals surface area contributed by atoms with Crippen LogP contribution in [0.25, 0.3) is 0 Å². The first-order chi connectivity index (χ1) is 5.38. The highest BCUT2D eigenvalue weighted by molar-refractivity contribution is 14.1. The van der Waals surface area contributed by atoms with Crippen LogP contribution in [-0.4, -0.2) is 0 Å². The fourth-order valence-electron chi connectivity index (χ4n) is 0.727. The van der Waals surface area contributed by atoms with Gasteiger partial charge in [0.1, 0.15) is 46.0 Å². The summed E-state index contributed by atoms with van der Waals surface area (Å²) in [5, 5.41) is 0. The molecular formula is C7H6I2O2. The summed E-state index contributed by atoms with van der Waals surface area (Å²) >= 11 is 3.65. The van der Waals surface area contributed by atoms with Crippen molar-refractivity contribution in [2.45, 2.75) is 6.29 Å². The number of hydrogen-bond donors (Lipinski definition) is 0. The molecule has 11 heavy (non-hydrogen) atoms. The highest BCUT2D eigenvalue weighted by Crippen LogP contribution is 2.23. The van der Waals surface area contributed by atoms with Crippen molar-refractivity contribution >= 4 is 46.0 Å². The van der Waals surface area contributed by atoms with E-state index in [0.29, 0.717) is 0 Å². The first kappa shape index (κ1) is 9.69. The highest BCUT2D eigenvalue weighted by atomic mass is 127. The largest absolute Gasteiger partial charge is 0.279 e. The molecule has 0 unspecified atom stereocenters. The molecule has 0 aliphatic carbocycles. The predicted molar refractivity (Wildman–Crippen MR) is 59.4 cm³/mol. The molecule has 0 aliphatic rings. The Kier molecular flexibility index (Phi) is 4.65. The minimum atomic E-state index is -0.266. The molecule has 0 heterocycles. The summed E-state index contributed by atoms with van der Waals surface area (Å²) < 4.78 is 10.1. The molecular weight excluding hydrogens is 370 g/mol. The van der Waals surface area contributed by atoms with Gasteiger partial charge in [-0.3, -0.25) is 6.13 Å². The van der Waals surface area contributed by atoms with E-state index in [0.717, 1.165) is 5.56 Å². The molecule has 60 valence electrons. The minimum Gasteiger partial charge on any atom is -0.279 e. The lowest BCUT2D eigenvalue weighted by Crippen LogP contribution is -1.96. The molecule has 0 saturated heterocycles. The Hall–Kier alpha value is 0.600. The second-order valence-electron chi connectivity index (χ2n) is 1.92. The summed E-state index contributed by atoms with van der Waals surface area (Å²) in [6.07, 6.45) is -0.266. The Morgan fingerprint density at radius 3 is 2.00 bits per heavy atom. The third-order valence-corrected chi connectivity index (χ3v) is 2.16. The van der Waals surface area contributed by atoms with Gasteiger partial charge in [0.05, 0.1) is 0 Å². The first-order valence-corrected chi connectivity index (χ1v) is 4.74. The van der Waals surface area contributed by atoms with E-state index in [1.54, 1.807) is 0 Å². The van der Waals surface area contributed by atoms with Gasteiger partial charge in [-0.05, 0) is 0 Å². The molecule has 0 amide bonds. The van der Waals surface area contributed by atoms with Gasteiger partial charge in [-0.25, -0.2) is 0 Å². The average Bonchev–Trinajstić information content (AvgIpc) is 2.09. The van der Waals surface area contributed by atoms with Gasteiger partial charge in [-0.15, -0.1) is 0 Å². The minimum absolute atomic E-state index is 0.266. The van der Waals surface area contributed by atoms with Gasteiger partial charge < -0.3 is 0 Å². The summed E-state index contributed by atoms with van der Waals surface area (Å²) in [5.41, 5.74) is 1.02. The molecule has 4 heteroatoms. The van der Waals surface area contributed by atoms with E-state index in [-0.39, 0.29) is 6.29 Å². The number of rotatable bonds is 3. The second kappa shape index (κ2) is 5.28. The third-order valence-electron chi connectivity index (χ3n) is 1.23. The average molecular weight is 376 g/mol. The molecule has 0 aliphatic heterocycles. The molecule has 0 spiro atoms. The lowest BCUT2D eigenvalue weighted by Gasteiger charge is -2.08. The molecule has 0 N–H and O–H groups in total. The maximum absolute atomic E-state index is 5.03. The van der Waals surface area contributed by atoms with Gasteiger partial charge in [0.25, 0.3) is 0 Å². The van der Waals surface area contributed by atoms with Crippen molar-refractivity contribution in [1.29, 1.82) is 0 Å². The van der Waals surface area contributed by atoms with Crippen LogP contribution in [0, 0.1) is 0 Å². The maximum Gasteiger partial charge on any atom is 0.206 e. The van der Waals surface area contributed by atoms with E-state index in [1.807, 2.05) is 76.3 Å². The van der Waals surface area contributed by atoms with Crippen molar-refractivity contribution in [2.75, 3.05) is 0 Å². The Morgan fingerprint density at radius 1 is 1.00 bits per heavy atom. The summed E-state index contributed by atoms with van der Waals surface area (Å²) in [5.74, 6) is 0. The summed E-state index contributed by atoms with van der Waals surface area (Å²) in [4.78, 5) is 0. The fourth-order valence-corrected chi connectivity index (χ4v) is 1.92. The Labute approximate surface area is 93.7 Å². The Bertz CT molecular complexity index is 199. The van der Waals surface area contributed by atoms with Crippen molar-refractivity contribution in [3.8, 4) is 0 Å². The van der Waals surface area contributed by atoms with Crippen molar-refractivity contribution in [3.05, 3.63) is 35.9 Å². The van der Waals surface area contributed by atoms with Crippen LogP contribution in [0.4, 0.5) is 0 Å². The van der Waals surface area contributed by atoms with Crippen LogP contribution >= 0.6 is 46.0 Å². The van der Waals surface area contributed by atoms with Crippen LogP contribution in [0.15, 0.2) is 30.3 Å². The molecule has 1 aromatic carbocycles. The molecule has 0 saturated carbocycles. The molecule has 0 aromatic heterocycles. The summed E-state index contributed by atoms with van der Waals surface area (Å²) in [7, 11) is 0. The van der Waals surface area contributed by atoms with Crippen LogP contribution in [-0.2, 0) is 6.13 Å². The molecule has 2 nitrogen and oxygen atoms in total. The standard InChI is InChI=1S/C7H6I2O2/c8-10-7(11-9)6-4-2-1-3-5-6/h1-5,7H. The van der Waals surface area contributed by atoms with Crippen LogP contribution in [0.5, 0.6) is 0 Å². The monoisotopic (exact) mass is 376 g/mol. The van der Waals surface area contributed by atoms with Gasteiger partial charge in [-0.1, -0.05) is 30.3 Å². The molecule has 0 fully saturated rings. The molecule has 0 atom stereocenters. The van der Waals surface area contributed by atoms with Crippen molar-refractivity contribution in [1.82, 2.24) is 0 Å². The lowest BCUT2D eigenvalue weighted by atomic mass is 10.2. The van der Waals surface area contributed by atoms with Gasteiger partial charge >= 0.3 is 0 Å². The predicted octanol–water partition coefficient (Wildman–Crippen LogP) is 3.42. The molecule has 1 aromatic rings. The summed E-state index contributed by atoms with van der Waals surface area (Å²) in [6, 6.07) is 9.78. The van der Waals surface area contributed by atoms with Crippen molar-refractivity contribution < 1.29 is 6.13 Å².